The second-order valence-corrected chi connectivity index (χ2v) is 5.99. The maximum absolute atomic E-state index is 13.7. The summed E-state index contributed by atoms with van der Waals surface area (Å²) in [5.74, 6) is 0.515. The Morgan fingerprint density at radius 3 is 2.73 bits per heavy atom. The fourth-order valence-corrected chi connectivity index (χ4v) is 3.04. The van der Waals surface area contributed by atoms with Gasteiger partial charge in [-0.15, -0.1) is 0 Å². The van der Waals surface area contributed by atoms with Crippen molar-refractivity contribution in [3.63, 3.8) is 0 Å². The summed E-state index contributed by atoms with van der Waals surface area (Å²) in [6, 6.07) is 9.82. The molecule has 1 fully saturated rings. The highest BCUT2D eigenvalue weighted by Crippen LogP contribution is 2.26. The van der Waals surface area contributed by atoms with Crippen molar-refractivity contribution in [2.75, 3.05) is 0 Å². The lowest BCUT2D eigenvalue weighted by atomic mass is 9.86. The molecular weight excluding hydrogens is 281 g/mol. The summed E-state index contributed by atoms with van der Waals surface area (Å²) in [6.07, 6.45) is 4.52. The summed E-state index contributed by atoms with van der Waals surface area (Å²) in [6.45, 7) is 2.16. The van der Waals surface area contributed by atoms with Crippen LogP contribution in [0, 0.1) is 11.7 Å². The van der Waals surface area contributed by atoms with Crippen molar-refractivity contribution >= 4 is 5.91 Å². The van der Waals surface area contributed by atoms with E-state index in [4.69, 9.17) is 4.42 Å². The molecule has 1 saturated carbocycles. The Morgan fingerprint density at radius 1 is 1.18 bits per heavy atom. The molecule has 3 nitrogen and oxygen atoms in total. The highest BCUT2D eigenvalue weighted by atomic mass is 19.1. The molecule has 0 unspecified atom stereocenters. The van der Waals surface area contributed by atoms with E-state index >= 15 is 0 Å². The van der Waals surface area contributed by atoms with E-state index in [0.717, 1.165) is 19.3 Å². The third-order valence-corrected chi connectivity index (χ3v) is 4.40. The van der Waals surface area contributed by atoms with Gasteiger partial charge >= 0.3 is 0 Å². The summed E-state index contributed by atoms with van der Waals surface area (Å²) in [7, 11) is 0. The lowest BCUT2D eigenvalue weighted by Gasteiger charge is -2.29. The Kier molecular flexibility index (Phi) is 4.27. The largest absolute Gasteiger partial charge is 0.451 e. The topological polar surface area (TPSA) is 42.2 Å². The molecule has 0 aliphatic heterocycles. The highest BCUT2D eigenvalue weighted by Gasteiger charge is 2.24. The molecular formula is C18H20FNO2. The molecule has 1 amide bonds. The fourth-order valence-electron chi connectivity index (χ4n) is 3.04. The molecule has 1 heterocycles. The van der Waals surface area contributed by atoms with Crippen LogP contribution in [-0.4, -0.2) is 11.9 Å². The number of amides is 1. The molecule has 22 heavy (non-hydrogen) atoms. The second-order valence-electron chi connectivity index (χ2n) is 5.99. The van der Waals surface area contributed by atoms with Gasteiger partial charge in [0.1, 0.15) is 11.6 Å². The van der Waals surface area contributed by atoms with Crippen molar-refractivity contribution < 1.29 is 13.6 Å². The van der Waals surface area contributed by atoms with Gasteiger partial charge in [-0.1, -0.05) is 31.9 Å². The van der Waals surface area contributed by atoms with Crippen LogP contribution in [0.25, 0.3) is 11.3 Å². The number of furan rings is 1. The van der Waals surface area contributed by atoms with E-state index in [1.54, 1.807) is 30.3 Å². The molecule has 3 rings (SSSR count). The minimum atomic E-state index is -0.357. The van der Waals surface area contributed by atoms with E-state index in [0.29, 0.717) is 17.2 Å². The van der Waals surface area contributed by atoms with Gasteiger partial charge in [0.2, 0.25) is 0 Å². The number of rotatable bonds is 3. The Morgan fingerprint density at radius 2 is 1.95 bits per heavy atom. The van der Waals surface area contributed by atoms with Crippen molar-refractivity contribution in [2.45, 2.75) is 38.6 Å². The summed E-state index contributed by atoms with van der Waals surface area (Å²) in [5, 5.41) is 3.04. The first-order valence-corrected chi connectivity index (χ1v) is 7.81. The summed E-state index contributed by atoms with van der Waals surface area (Å²) in [5.41, 5.74) is 0.368. The molecule has 116 valence electrons. The maximum Gasteiger partial charge on any atom is 0.287 e. The molecule has 1 aromatic carbocycles. The van der Waals surface area contributed by atoms with E-state index in [2.05, 4.69) is 12.2 Å². The van der Waals surface area contributed by atoms with E-state index in [9.17, 15) is 9.18 Å². The average Bonchev–Trinajstić information content (AvgIpc) is 3.00. The van der Waals surface area contributed by atoms with Gasteiger partial charge < -0.3 is 9.73 Å². The second kappa shape index (κ2) is 6.34. The Bertz CT molecular complexity index is 665. The highest BCUT2D eigenvalue weighted by molar-refractivity contribution is 5.92. The van der Waals surface area contributed by atoms with Crippen LogP contribution in [0.4, 0.5) is 4.39 Å². The fraction of sp³-hybridized carbons (Fsp3) is 0.389. The van der Waals surface area contributed by atoms with Gasteiger partial charge in [-0.2, -0.15) is 0 Å². The monoisotopic (exact) mass is 301 g/mol. The van der Waals surface area contributed by atoms with Crippen molar-refractivity contribution in [3.8, 4) is 11.3 Å². The molecule has 1 aromatic heterocycles. The van der Waals surface area contributed by atoms with Crippen LogP contribution in [0.1, 0.15) is 43.2 Å². The Labute approximate surface area is 129 Å². The molecule has 1 aliphatic carbocycles. The number of hydrogen-bond acceptors (Lipinski definition) is 2. The number of benzene rings is 1. The van der Waals surface area contributed by atoms with Crippen LogP contribution in [0.2, 0.25) is 0 Å². The molecule has 0 saturated heterocycles. The van der Waals surface area contributed by atoms with E-state index in [1.807, 2.05) is 0 Å². The number of hydrogen-bond donors (Lipinski definition) is 1. The van der Waals surface area contributed by atoms with Gasteiger partial charge in [-0.05, 0) is 43.0 Å². The number of nitrogens with one attached hydrogen (secondary N) is 1. The van der Waals surface area contributed by atoms with Gasteiger partial charge in [-0.25, -0.2) is 4.39 Å². The first-order valence-electron chi connectivity index (χ1n) is 7.81. The molecule has 0 bridgehead atoms. The van der Waals surface area contributed by atoms with Crippen molar-refractivity contribution in [2.24, 2.45) is 5.92 Å². The standard InChI is InChI=1S/C18H20FNO2/c1-12-6-2-5-9-15(12)20-18(21)17-11-10-16(22-17)13-7-3-4-8-14(13)19/h3-4,7-8,10-12,15H,2,5-6,9H2,1H3,(H,20,21)/t12-,15+/m1/s1. The normalized spacial score (nSPS) is 21.5. The van der Waals surface area contributed by atoms with Crippen molar-refractivity contribution in [1.82, 2.24) is 5.32 Å². The molecule has 0 radical (unpaired) electrons. The zero-order valence-corrected chi connectivity index (χ0v) is 12.6. The summed E-state index contributed by atoms with van der Waals surface area (Å²) >= 11 is 0. The lowest BCUT2D eigenvalue weighted by Crippen LogP contribution is -2.40. The predicted molar refractivity (Wildman–Crippen MR) is 83.0 cm³/mol. The molecule has 2 aromatic rings. The first kappa shape index (κ1) is 14.8. The third-order valence-electron chi connectivity index (χ3n) is 4.40. The van der Waals surface area contributed by atoms with Crippen molar-refractivity contribution in [3.05, 3.63) is 48.0 Å². The average molecular weight is 301 g/mol. The van der Waals surface area contributed by atoms with Crippen LogP contribution in [0.3, 0.4) is 0 Å². The summed E-state index contributed by atoms with van der Waals surface area (Å²) in [4.78, 5) is 12.3. The summed E-state index contributed by atoms with van der Waals surface area (Å²) < 4.78 is 19.3. The molecule has 0 spiro atoms. The predicted octanol–water partition coefficient (Wildman–Crippen LogP) is 4.39. The Balaban J connectivity index is 1.73. The van der Waals surface area contributed by atoms with Crippen LogP contribution in [0.5, 0.6) is 0 Å². The molecule has 1 aliphatic rings. The van der Waals surface area contributed by atoms with Gasteiger partial charge in [0.25, 0.3) is 5.91 Å². The van der Waals surface area contributed by atoms with E-state index < -0.39 is 0 Å². The first-order chi connectivity index (χ1) is 10.6. The van der Waals surface area contributed by atoms with Gasteiger partial charge in [0, 0.05) is 6.04 Å². The molecule has 4 heteroatoms. The van der Waals surface area contributed by atoms with Crippen molar-refractivity contribution in [1.29, 1.82) is 0 Å². The third kappa shape index (κ3) is 3.06. The minimum Gasteiger partial charge on any atom is -0.451 e. The maximum atomic E-state index is 13.7. The zero-order valence-electron chi connectivity index (χ0n) is 12.6. The van der Waals surface area contributed by atoms with Gasteiger partial charge in [-0.3, -0.25) is 4.79 Å². The SMILES string of the molecule is C[C@@H]1CCCC[C@@H]1NC(=O)c1ccc(-c2ccccc2F)o1. The van der Waals surface area contributed by atoms with Crippen LogP contribution >= 0.6 is 0 Å². The molecule has 2 atom stereocenters. The molecule has 1 N–H and O–H groups in total. The number of halogens is 1. The quantitative estimate of drug-likeness (QED) is 0.913. The van der Waals surface area contributed by atoms with Crippen LogP contribution < -0.4 is 5.32 Å². The smallest absolute Gasteiger partial charge is 0.287 e. The lowest BCUT2D eigenvalue weighted by molar-refractivity contribution is 0.0883. The zero-order chi connectivity index (χ0) is 15.5. The Hall–Kier alpha value is -2.10. The number of carbonyl (C=O) groups is 1. The van der Waals surface area contributed by atoms with E-state index in [1.165, 1.54) is 12.5 Å². The van der Waals surface area contributed by atoms with Gasteiger partial charge in [0.15, 0.2) is 5.76 Å². The minimum absolute atomic E-state index is 0.197. The van der Waals surface area contributed by atoms with Gasteiger partial charge in [0.05, 0.1) is 5.56 Å². The van der Waals surface area contributed by atoms with Crippen LogP contribution in [-0.2, 0) is 0 Å². The number of carbonyl (C=O) groups excluding carboxylic acids is 1. The van der Waals surface area contributed by atoms with E-state index in [-0.39, 0.29) is 23.5 Å². The van der Waals surface area contributed by atoms with Crippen LogP contribution in [0.15, 0.2) is 40.8 Å².